The van der Waals surface area contributed by atoms with Gasteiger partial charge in [0.2, 0.25) is 0 Å². The van der Waals surface area contributed by atoms with Crippen molar-refractivity contribution in [1.82, 2.24) is 0 Å². The van der Waals surface area contributed by atoms with Gasteiger partial charge in [-0.05, 0) is 18.9 Å². The van der Waals surface area contributed by atoms with Gasteiger partial charge in [0.25, 0.3) is 0 Å². The summed E-state index contributed by atoms with van der Waals surface area (Å²) in [6, 6.07) is 0. The largest absolute Gasteiger partial charge is 0.466 e. The quantitative estimate of drug-likeness (QED) is 0.345. The van der Waals surface area contributed by atoms with Gasteiger partial charge in [0, 0.05) is 12.2 Å². The van der Waals surface area contributed by atoms with Crippen molar-refractivity contribution in [3.8, 4) is 0 Å². The van der Waals surface area contributed by atoms with E-state index in [2.05, 4.69) is 11.7 Å². The number of esters is 1. The molecule has 94 valence electrons. The van der Waals surface area contributed by atoms with Crippen molar-refractivity contribution >= 4 is 5.97 Å². The van der Waals surface area contributed by atoms with E-state index in [9.17, 15) is 4.79 Å². The summed E-state index contributed by atoms with van der Waals surface area (Å²) in [7, 11) is 1.38. The molecule has 0 aromatic carbocycles. The summed E-state index contributed by atoms with van der Waals surface area (Å²) in [5.74, 6) is -0.284. The molecule has 0 bridgehead atoms. The van der Waals surface area contributed by atoms with Gasteiger partial charge < -0.3 is 14.2 Å². The second-order valence-electron chi connectivity index (χ2n) is 3.26. The van der Waals surface area contributed by atoms with Crippen LogP contribution in [0.1, 0.15) is 26.7 Å². The third-order valence-electron chi connectivity index (χ3n) is 2.00. The van der Waals surface area contributed by atoms with Gasteiger partial charge in [0.05, 0.1) is 26.9 Å². The summed E-state index contributed by atoms with van der Waals surface area (Å²) in [5.41, 5.74) is 0.650. The molecule has 0 amide bonds. The SMILES string of the molecule is CCCOCCOCC=C(CC)C(=O)OC. The van der Waals surface area contributed by atoms with Crippen molar-refractivity contribution in [2.75, 3.05) is 33.5 Å². The first kappa shape index (κ1) is 15.1. The standard InChI is InChI=1S/C12H22O4/c1-4-7-15-9-10-16-8-6-11(5-2)12(13)14-3/h6H,4-5,7-10H2,1-3H3. The Labute approximate surface area is 97.6 Å². The maximum Gasteiger partial charge on any atom is 0.333 e. The first-order valence-corrected chi connectivity index (χ1v) is 5.69. The van der Waals surface area contributed by atoms with Crippen molar-refractivity contribution in [3.05, 3.63) is 11.6 Å². The van der Waals surface area contributed by atoms with Gasteiger partial charge in [-0.15, -0.1) is 0 Å². The Bertz CT molecular complexity index is 211. The van der Waals surface area contributed by atoms with Gasteiger partial charge in [-0.2, -0.15) is 0 Å². The number of hydrogen-bond acceptors (Lipinski definition) is 4. The fourth-order valence-corrected chi connectivity index (χ4v) is 1.11. The monoisotopic (exact) mass is 230 g/mol. The molecule has 0 fully saturated rings. The van der Waals surface area contributed by atoms with E-state index < -0.39 is 0 Å². The van der Waals surface area contributed by atoms with Crippen molar-refractivity contribution in [2.45, 2.75) is 26.7 Å². The third-order valence-corrected chi connectivity index (χ3v) is 2.00. The van der Waals surface area contributed by atoms with Crippen molar-refractivity contribution in [3.63, 3.8) is 0 Å². The Morgan fingerprint density at radius 2 is 1.81 bits per heavy atom. The molecule has 0 aliphatic heterocycles. The van der Waals surface area contributed by atoms with E-state index in [1.807, 2.05) is 6.92 Å². The third kappa shape index (κ3) is 7.43. The minimum absolute atomic E-state index is 0.284. The van der Waals surface area contributed by atoms with Gasteiger partial charge >= 0.3 is 5.97 Å². The van der Waals surface area contributed by atoms with E-state index in [0.29, 0.717) is 31.8 Å². The molecule has 16 heavy (non-hydrogen) atoms. The van der Waals surface area contributed by atoms with E-state index in [1.165, 1.54) is 7.11 Å². The molecule has 0 N–H and O–H groups in total. The van der Waals surface area contributed by atoms with Gasteiger partial charge in [0.15, 0.2) is 0 Å². The fourth-order valence-electron chi connectivity index (χ4n) is 1.11. The fraction of sp³-hybridized carbons (Fsp3) is 0.750. The Balaban J connectivity index is 3.60. The summed E-state index contributed by atoms with van der Waals surface area (Å²) in [5, 5.41) is 0. The average molecular weight is 230 g/mol. The molecule has 4 heteroatoms. The number of hydrogen-bond donors (Lipinski definition) is 0. The summed E-state index contributed by atoms with van der Waals surface area (Å²) in [4.78, 5) is 11.2. The molecule has 0 unspecified atom stereocenters. The van der Waals surface area contributed by atoms with Gasteiger partial charge in [0.1, 0.15) is 0 Å². The minimum Gasteiger partial charge on any atom is -0.466 e. The first-order chi connectivity index (χ1) is 7.76. The highest BCUT2D eigenvalue weighted by molar-refractivity contribution is 5.88. The molecule has 0 saturated heterocycles. The van der Waals surface area contributed by atoms with E-state index in [-0.39, 0.29) is 5.97 Å². The lowest BCUT2D eigenvalue weighted by Crippen LogP contribution is -2.08. The molecule has 0 aliphatic rings. The predicted octanol–water partition coefficient (Wildman–Crippen LogP) is 1.94. The van der Waals surface area contributed by atoms with Crippen LogP contribution in [-0.2, 0) is 19.0 Å². The highest BCUT2D eigenvalue weighted by atomic mass is 16.5. The van der Waals surface area contributed by atoms with Crippen molar-refractivity contribution in [2.24, 2.45) is 0 Å². The topological polar surface area (TPSA) is 44.8 Å². The van der Waals surface area contributed by atoms with E-state index in [4.69, 9.17) is 9.47 Å². The van der Waals surface area contributed by atoms with E-state index in [0.717, 1.165) is 13.0 Å². The molecular formula is C12H22O4. The molecule has 0 aromatic rings. The van der Waals surface area contributed by atoms with E-state index >= 15 is 0 Å². The number of rotatable bonds is 9. The summed E-state index contributed by atoms with van der Waals surface area (Å²) < 4.78 is 15.2. The van der Waals surface area contributed by atoms with Crippen LogP contribution >= 0.6 is 0 Å². The maximum atomic E-state index is 11.2. The van der Waals surface area contributed by atoms with Gasteiger partial charge in [-0.3, -0.25) is 0 Å². The molecule has 4 nitrogen and oxygen atoms in total. The molecule has 0 aliphatic carbocycles. The van der Waals surface area contributed by atoms with Crippen LogP contribution in [0.4, 0.5) is 0 Å². The number of carbonyl (C=O) groups excluding carboxylic acids is 1. The van der Waals surface area contributed by atoms with Crippen LogP contribution in [0.2, 0.25) is 0 Å². The Morgan fingerprint density at radius 3 is 2.38 bits per heavy atom. The molecule has 0 atom stereocenters. The van der Waals surface area contributed by atoms with Crippen LogP contribution in [-0.4, -0.2) is 39.5 Å². The van der Waals surface area contributed by atoms with Crippen LogP contribution in [0, 0.1) is 0 Å². The molecular weight excluding hydrogens is 208 g/mol. The number of methoxy groups -OCH3 is 1. The zero-order valence-corrected chi connectivity index (χ0v) is 10.5. The Hall–Kier alpha value is -0.870. The molecule has 0 rings (SSSR count). The summed E-state index contributed by atoms with van der Waals surface area (Å²) in [6.45, 7) is 6.31. The lowest BCUT2D eigenvalue weighted by atomic mass is 10.2. The first-order valence-electron chi connectivity index (χ1n) is 5.69. The smallest absolute Gasteiger partial charge is 0.333 e. The summed E-state index contributed by atoms with van der Waals surface area (Å²) >= 11 is 0. The highest BCUT2D eigenvalue weighted by Gasteiger charge is 2.05. The maximum absolute atomic E-state index is 11.2. The zero-order valence-electron chi connectivity index (χ0n) is 10.5. The van der Waals surface area contributed by atoms with Crippen molar-refractivity contribution in [1.29, 1.82) is 0 Å². The van der Waals surface area contributed by atoms with E-state index in [1.54, 1.807) is 6.08 Å². The summed E-state index contributed by atoms with van der Waals surface area (Å²) in [6.07, 6.45) is 3.43. The van der Waals surface area contributed by atoms with Crippen LogP contribution in [0.15, 0.2) is 11.6 Å². The lowest BCUT2D eigenvalue weighted by Gasteiger charge is -2.04. The molecule has 0 saturated carbocycles. The number of carbonyl (C=O) groups is 1. The van der Waals surface area contributed by atoms with Crippen LogP contribution in [0.3, 0.4) is 0 Å². The zero-order chi connectivity index (χ0) is 12.2. The highest BCUT2D eigenvalue weighted by Crippen LogP contribution is 2.02. The Morgan fingerprint density at radius 1 is 1.12 bits per heavy atom. The average Bonchev–Trinajstić information content (AvgIpc) is 2.32. The Kier molecular flexibility index (Phi) is 10.1. The molecule has 0 aromatic heterocycles. The van der Waals surface area contributed by atoms with Crippen LogP contribution in [0.5, 0.6) is 0 Å². The van der Waals surface area contributed by atoms with Crippen molar-refractivity contribution < 1.29 is 19.0 Å². The van der Waals surface area contributed by atoms with Gasteiger partial charge in [-0.1, -0.05) is 13.8 Å². The van der Waals surface area contributed by atoms with Crippen LogP contribution in [0.25, 0.3) is 0 Å². The molecule has 0 spiro atoms. The lowest BCUT2D eigenvalue weighted by molar-refractivity contribution is -0.136. The van der Waals surface area contributed by atoms with Gasteiger partial charge in [-0.25, -0.2) is 4.79 Å². The van der Waals surface area contributed by atoms with Crippen LogP contribution < -0.4 is 0 Å². The predicted molar refractivity (Wildman–Crippen MR) is 62.3 cm³/mol. The number of ether oxygens (including phenoxy) is 3. The molecule has 0 heterocycles. The minimum atomic E-state index is -0.284. The second kappa shape index (κ2) is 10.6. The second-order valence-corrected chi connectivity index (χ2v) is 3.26. The normalized spacial score (nSPS) is 11.6. The molecule has 0 radical (unpaired) electrons.